The van der Waals surface area contributed by atoms with Crippen LogP contribution < -0.4 is 10.5 Å². The van der Waals surface area contributed by atoms with Crippen molar-refractivity contribution in [1.82, 2.24) is 4.98 Å². The smallest absolute Gasteiger partial charge is 0.249 e. The van der Waals surface area contributed by atoms with Crippen LogP contribution >= 0.6 is 11.3 Å². The van der Waals surface area contributed by atoms with Crippen molar-refractivity contribution < 1.29 is 8.42 Å². The Morgan fingerprint density at radius 2 is 2.18 bits per heavy atom. The lowest BCUT2D eigenvalue weighted by Gasteiger charge is -2.03. The molecule has 7 heteroatoms. The van der Waals surface area contributed by atoms with E-state index < -0.39 is 10.0 Å². The average Bonchev–Trinajstić information content (AvgIpc) is 2.58. The Morgan fingerprint density at radius 3 is 2.59 bits per heavy atom. The predicted molar refractivity (Wildman–Crippen MR) is 68.6 cm³/mol. The van der Waals surface area contributed by atoms with E-state index in [9.17, 15) is 8.42 Å². The molecule has 1 fully saturated rings. The quantitative estimate of drug-likeness (QED) is 0.873. The van der Waals surface area contributed by atoms with Crippen LogP contribution in [0, 0.1) is 18.3 Å². The van der Waals surface area contributed by atoms with Gasteiger partial charge in [0.1, 0.15) is 0 Å². The summed E-state index contributed by atoms with van der Waals surface area (Å²) >= 11 is 1.10. The number of nitrogens with two attached hydrogens (primary N) is 1. The zero-order valence-corrected chi connectivity index (χ0v) is 11.8. The standard InChI is InChI=1S/C10H17N3O2S2/c1-6-8(17(11,14)15)16-9(13-6)12-5-7-4-10(7,2)3/h7H,4-5H2,1-3H3,(H,12,13)(H2,11,14,15). The Bertz CT molecular complexity index is 534. The van der Waals surface area contributed by atoms with Gasteiger partial charge < -0.3 is 5.32 Å². The lowest BCUT2D eigenvalue weighted by molar-refractivity contribution is 0.573. The first-order valence-corrected chi connectivity index (χ1v) is 7.80. The minimum absolute atomic E-state index is 0.148. The van der Waals surface area contributed by atoms with Crippen LogP contribution in [0.25, 0.3) is 0 Å². The summed E-state index contributed by atoms with van der Waals surface area (Å²) in [4.78, 5) is 4.17. The fourth-order valence-electron chi connectivity index (χ4n) is 1.86. The van der Waals surface area contributed by atoms with E-state index in [1.165, 1.54) is 6.42 Å². The van der Waals surface area contributed by atoms with Gasteiger partial charge in [0.25, 0.3) is 0 Å². The van der Waals surface area contributed by atoms with Gasteiger partial charge in [-0.25, -0.2) is 18.5 Å². The lowest BCUT2D eigenvalue weighted by Crippen LogP contribution is -2.11. The summed E-state index contributed by atoms with van der Waals surface area (Å²) in [6.45, 7) is 6.94. The van der Waals surface area contributed by atoms with Crippen LogP contribution in [0.4, 0.5) is 5.13 Å². The molecule has 1 atom stereocenters. The first-order chi connectivity index (χ1) is 7.70. The Hall–Kier alpha value is -0.660. The van der Waals surface area contributed by atoms with E-state index in [2.05, 4.69) is 24.1 Å². The Labute approximate surface area is 105 Å². The number of anilines is 1. The minimum Gasteiger partial charge on any atom is -0.361 e. The molecule has 1 unspecified atom stereocenters. The number of thiazole rings is 1. The third kappa shape index (κ3) is 2.78. The summed E-state index contributed by atoms with van der Waals surface area (Å²) in [7, 11) is -3.64. The van der Waals surface area contributed by atoms with Crippen LogP contribution in [0.2, 0.25) is 0 Å². The Balaban J connectivity index is 2.04. The molecule has 0 amide bonds. The van der Waals surface area contributed by atoms with Crippen molar-refractivity contribution in [1.29, 1.82) is 0 Å². The summed E-state index contributed by atoms with van der Waals surface area (Å²) in [6.07, 6.45) is 1.20. The molecule has 5 nitrogen and oxygen atoms in total. The SMILES string of the molecule is Cc1nc(NCC2CC2(C)C)sc1S(N)(=O)=O. The zero-order chi connectivity index (χ0) is 12.8. The molecule has 0 aliphatic heterocycles. The molecule has 3 N–H and O–H groups in total. The third-order valence-electron chi connectivity index (χ3n) is 3.23. The predicted octanol–water partition coefficient (Wildman–Crippen LogP) is 1.56. The molecule has 1 saturated carbocycles. The molecule has 2 rings (SSSR count). The number of sulfonamides is 1. The van der Waals surface area contributed by atoms with Crippen LogP contribution in [0.5, 0.6) is 0 Å². The largest absolute Gasteiger partial charge is 0.361 e. The number of aryl methyl sites for hydroxylation is 1. The second-order valence-electron chi connectivity index (χ2n) is 5.21. The first-order valence-electron chi connectivity index (χ1n) is 5.44. The van der Waals surface area contributed by atoms with Crippen molar-refractivity contribution in [3.8, 4) is 0 Å². The molecule has 96 valence electrons. The van der Waals surface area contributed by atoms with Crippen LogP contribution in [-0.2, 0) is 10.0 Å². The maximum Gasteiger partial charge on any atom is 0.249 e. The van der Waals surface area contributed by atoms with Crippen LogP contribution in [0.3, 0.4) is 0 Å². The maximum absolute atomic E-state index is 11.2. The second kappa shape index (κ2) is 3.93. The number of hydrogen-bond donors (Lipinski definition) is 2. The number of nitrogens with zero attached hydrogens (tertiary/aromatic N) is 1. The molecule has 0 saturated heterocycles. The van der Waals surface area contributed by atoms with Gasteiger partial charge in [0, 0.05) is 6.54 Å². The van der Waals surface area contributed by atoms with E-state index in [4.69, 9.17) is 5.14 Å². The summed E-state index contributed by atoms with van der Waals surface area (Å²) in [5, 5.41) is 8.91. The van der Waals surface area contributed by atoms with Gasteiger partial charge in [-0.05, 0) is 24.7 Å². The van der Waals surface area contributed by atoms with E-state index in [0.717, 1.165) is 17.9 Å². The van der Waals surface area contributed by atoms with Crippen molar-refractivity contribution in [2.75, 3.05) is 11.9 Å². The fraction of sp³-hybridized carbons (Fsp3) is 0.700. The molecule has 0 bridgehead atoms. The van der Waals surface area contributed by atoms with Gasteiger partial charge in [0.15, 0.2) is 9.34 Å². The highest BCUT2D eigenvalue weighted by molar-refractivity contribution is 7.91. The number of rotatable bonds is 4. The van der Waals surface area contributed by atoms with Crippen molar-refractivity contribution in [2.45, 2.75) is 31.4 Å². The van der Waals surface area contributed by atoms with E-state index in [1.807, 2.05) is 0 Å². The lowest BCUT2D eigenvalue weighted by atomic mass is 10.1. The van der Waals surface area contributed by atoms with Gasteiger partial charge >= 0.3 is 0 Å². The van der Waals surface area contributed by atoms with Crippen molar-refractivity contribution in [3.63, 3.8) is 0 Å². The zero-order valence-electron chi connectivity index (χ0n) is 10.1. The van der Waals surface area contributed by atoms with Crippen LogP contribution in [0.15, 0.2) is 4.21 Å². The van der Waals surface area contributed by atoms with E-state index >= 15 is 0 Å². The monoisotopic (exact) mass is 275 g/mol. The topological polar surface area (TPSA) is 85.1 Å². The molecule has 1 heterocycles. The molecule has 1 aromatic heterocycles. The fourth-order valence-corrected chi connectivity index (χ4v) is 3.72. The third-order valence-corrected chi connectivity index (χ3v) is 5.90. The molecule has 1 aromatic rings. The molecule has 0 aromatic carbocycles. The maximum atomic E-state index is 11.2. The highest BCUT2D eigenvalue weighted by Gasteiger charge is 2.45. The van der Waals surface area contributed by atoms with Crippen LogP contribution in [-0.4, -0.2) is 19.9 Å². The molecular formula is C10H17N3O2S2. The summed E-state index contributed by atoms with van der Waals surface area (Å²) in [6, 6.07) is 0. The van der Waals surface area contributed by atoms with Gasteiger partial charge in [-0.3, -0.25) is 0 Å². The molecule has 17 heavy (non-hydrogen) atoms. The molecular weight excluding hydrogens is 258 g/mol. The molecule has 1 aliphatic rings. The van der Waals surface area contributed by atoms with Gasteiger partial charge in [-0.15, -0.1) is 0 Å². The normalized spacial score (nSPS) is 22.5. The Morgan fingerprint density at radius 1 is 1.59 bits per heavy atom. The second-order valence-corrected chi connectivity index (χ2v) is 7.96. The van der Waals surface area contributed by atoms with E-state index in [1.54, 1.807) is 6.92 Å². The van der Waals surface area contributed by atoms with Crippen LogP contribution in [0.1, 0.15) is 26.0 Å². The minimum atomic E-state index is -3.64. The molecule has 0 spiro atoms. The molecule has 0 radical (unpaired) electrons. The summed E-state index contributed by atoms with van der Waals surface area (Å²) in [5.74, 6) is 0.643. The van der Waals surface area contributed by atoms with E-state index in [-0.39, 0.29) is 4.21 Å². The number of aromatic nitrogens is 1. The molecule has 1 aliphatic carbocycles. The van der Waals surface area contributed by atoms with Crippen molar-refractivity contribution in [3.05, 3.63) is 5.69 Å². The summed E-state index contributed by atoms with van der Waals surface area (Å²) < 4.78 is 22.6. The number of primary sulfonamides is 1. The van der Waals surface area contributed by atoms with Crippen molar-refractivity contribution >= 4 is 26.5 Å². The number of hydrogen-bond acceptors (Lipinski definition) is 5. The highest BCUT2D eigenvalue weighted by Crippen LogP contribution is 2.51. The van der Waals surface area contributed by atoms with Gasteiger partial charge in [-0.2, -0.15) is 0 Å². The Kier molecular flexibility index (Phi) is 2.95. The first kappa shape index (κ1) is 12.8. The number of nitrogens with one attached hydrogen (secondary N) is 1. The average molecular weight is 275 g/mol. The van der Waals surface area contributed by atoms with E-state index in [0.29, 0.717) is 22.2 Å². The summed E-state index contributed by atoms with van der Waals surface area (Å²) in [5.41, 5.74) is 0.872. The highest BCUT2D eigenvalue weighted by atomic mass is 32.2. The van der Waals surface area contributed by atoms with Gasteiger partial charge in [0.05, 0.1) is 5.69 Å². The van der Waals surface area contributed by atoms with Gasteiger partial charge in [-0.1, -0.05) is 25.2 Å². The van der Waals surface area contributed by atoms with Crippen molar-refractivity contribution in [2.24, 2.45) is 16.5 Å². The van der Waals surface area contributed by atoms with Gasteiger partial charge in [0.2, 0.25) is 10.0 Å².